The number of nitrogens with zero attached hydrogens (tertiary/aromatic N) is 3. The molecule has 0 amide bonds. The van der Waals surface area contributed by atoms with E-state index >= 15 is 0 Å². The van der Waals surface area contributed by atoms with Gasteiger partial charge >= 0.3 is 5.97 Å². The smallest absolute Gasteiger partial charge is 0.328 e. The minimum Gasteiger partial charge on any atom is -0.478 e. The third-order valence-corrected chi connectivity index (χ3v) is 3.05. The molecule has 2 rings (SSSR count). The molecule has 1 aliphatic rings. The number of aromatic nitrogens is 2. The lowest BCUT2D eigenvalue weighted by molar-refractivity contribution is -0.131. The Balaban J connectivity index is 1.97. The molecule has 0 spiro atoms. The zero-order valence-electron chi connectivity index (χ0n) is 10.8. The van der Waals surface area contributed by atoms with Crippen LogP contribution in [-0.4, -0.2) is 47.8 Å². The molecular formula is C13H17N3O3. The van der Waals surface area contributed by atoms with Crippen LogP contribution in [0.4, 0.5) is 5.95 Å². The van der Waals surface area contributed by atoms with Gasteiger partial charge in [0.1, 0.15) is 0 Å². The second-order valence-corrected chi connectivity index (χ2v) is 4.54. The van der Waals surface area contributed by atoms with Crippen LogP contribution in [-0.2, 0) is 9.53 Å². The third-order valence-electron chi connectivity index (χ3n) is 3.05. The van der Waals surface area contributed by atoms with Crippen LogP contribution >= 0.6 is 0 Å². The average molecular weight is 263 g/mol. The number of hydrogen-bond donors (Lipinski definition) is 1. The highest BCUT2D eigenvalue weighted by atomic mass is 16.5. The second kappa shape index (κ2) is 6.29. The minimum absolute atomic E-state index is 0.528. The van der Waals surface area contributed by atoms with Crippen molar-refractivity contribution in [3.8, 4) is 0 Å². The number of carboxylic acids is 1. The molecule has 6 heteroatoms. The first-order valence-electron chi connectivity index (χ1n) is 6.16. The van der Waals surface area contributed by atoms with Crippen LogP contribution in [0.25, 0.3) is 6.08 Å². The molecule has 1 unspecified atom stereocenters. The molecule has 1 saturated heterocycles. The van der Waals surface area contributed by atoms with Crippen LogP contribution in [0, 0.1) is 5.92 Å². The van der Waals surface area contributed by atoms with Crippen LogP contribution in [0.15, 0.2) is 18.5 Å². The number of hydrogen-bond acceptors (Lipinski definition) is 5. The second-order valence-electron chi connectivity index (χ2n) is 4.54. The highest BCUT2D eigenvalue weighted by Crippen LogP contribution is 2.20. The third kappa shape index (κ3) is 3.75. The lowest BCUT2D eigenvalue weighted by atomic mass is 10.1. The fraction of sp³-hybridized carbons (Fsp3) is 0.462. The molecular weight excluding hydrogens is 246 g/mol. The Labute approximate surface area is 111 Å². The van der Waals surface area contributed by atoms with E-state index in [-0.39, 0.29) is 0 Å². The van der Waals surface area contributed by atoms with E-state index in [4.69, 9.17) is 9.84 Å². The molecule has 0 aliphatic carbocycles. The van der Waals surface area contributed by atoms with E-state index in [0.717, 1.165) is 32.2 Å². The Hall–Kier alpha value is -1.95. The Morgan fingerprint density at radius 1 is 1.58 bits per heavy atom. The van der Waals surface area contributed by atoms with E-state index in [1.54, 1.807) is 19.5 Å². The van der Waals surface area contributed by atoms with Gasteiger partial charge in [0.15, 0.2) is 0 Å². The van der Waals surface area contributed by atoms with Crippen LogP contribution in [0.2, 0.25) is 0 Å². The molecule has 102 valence electrons. The maximum atomic E-state index is 10.4. The van der Waals surface area contributed by atoms with Gasteiger partial charge < -0.3 is 14.7 Å². The summed E-state index contributed by atoms with van der Waals surface area (Å²) in [5.41, 5.74) is 0.679. The van der Waals surface area contributed by atoms with E-state index in [9.17, 15) is 4.79 Å². The molecule has 2 heterocycles. The summed E-state index contributed by atoms with van der Waals surface area (Å²) in [6, 6.07) is 0. The highest BCUT2D eigenvalue weighted by Gasteiger charge is 2.23. The summed E-state index contributed by atoms with van der Waals surface area (Å²) >= 11 is 0. The van der Waals surface area contributed by atoms with Gasteiger partial charge in [0, 0.05) is 50.2 Å². The van der Waals surface area contributed by atoms with E-state index in [2.05, 4.69) is 14.9 Å². The van der Waals surface area contributed by atoms with E-state index in [1.165, 1.54) is 6.08 Å². The average Bonchev–Trinajstić information content (AvgIpc) is 2.86. The fourth-order valence-corrected chi connectivity index (χ4v) is 2.13. The number of aliphatic carboxylic acids is 1. The van der Waals surface area contributed by atoms with Crippen LogP contribution in [0.3, 0.4) is 0 Å². The Bertz CT molecular complexity index is 459. The molecule has 1 aromatic rings. The normalized spacial score (nSPS) is 19.2. The summed E-state index contributed by atoms with van der Waals surface area (Å²) in [4.78, 5) is 21.0. The van der Waals surface area contributed by atoms with Crippen molar-refractivity contribution in [1.82, 2.24) is 9.97 Å². The van der Waals surface area contributed by atoms with Gasteiger partial charge in [-0.3, -0.25) is 0 Å². The Morgan fingerprint density at radius 2 is 2.32 bits per heavy atom. The van der Waals surface area contributed by atoms with Crippen molar-refractivity contribution < 1.29 is 14.6 Å². The molecule has 6 nitrogen and oxygen atoms in total. The van der Waals surface area contributed by atoms with Crippen molar-refractivity contribution in [2.75, 3.05) is 31.7 Å². The lowest BCUT2D eigenvalue weighted by Gasteiger charge is -2.15. The van der Waals surface area contributed by atoms with Crippen LogP contribution in [0.1, 0.15) is 12.0 Å². The van der Waals surface area contributed by atoms with Gasteiger partial charge in [-0.05, 0) is 12.5 Å². The van der Waals surface area contributed by atoms with Crippen molar-refractivity contribution in [2.24, 2.45) is 5.92 Å². The van der Waals surface area contributed by atoms with Gasteiger partial charge in [-0.25, -0.2) is 14.8 Å². The quantitative estimate of drug-likeness (QED) is 0.800. The van der Waals surface area contributed by atoms with Crippen molar-refractivity contribution in [2.45, 2.75) is 6.42 Å². The summed E-state index contributed by atoms with van der Waals surface area (Å²) < 4.78 is 5.15. The van der Waals surface area contributed by atoms with E-state index in [0.29, 0.717) is 17.4 Å². The van der Waals surface area contributed by atoms with Crippen LogP contribution < -0.4 is 4.90 Å². The van der Waals surface area contributed by atoms with Gasteiger partial charge in [-0.15, -0.1) is 0 Å². The van der Waals surface area contributed by atoms with Crippen molar-refractivity contribution in [3.63, 3.8) is 0 Å². The molecule has 0 radical (unpaired) electrons. The molecule has 1 aliphatic heterocycles. The largest absolute Gasteiger partial charge is 0.478 e. The number of anilines is 1. The minimum atomic E-state index is -0.981. The summed E-state index contributed by atoms with van der Waals surface area (Å²) in [5, 5.41) is 8.53. The van der Waals surface area contributed by atoms with Gasteiger partial charge in [0.05, 0.1) is 6.61 Å². The maximum Gasteiger partial charge on any atom is 0.328 e. The van der Waals surface area contributed by atoms with Gasteiger partial charge in [-0.1, -0.05) is 0 Å². The molecule has 1 atom stereocenters. The molecule has 1 N–H and O–H groups in total. The topological polar surface area (TPSA) is 75.5 Å². The summed E-state index contributed by atoms with van der Waals surface area (Å²) in [7, 11) is 1.71. The van der Waals surface area contributed by atoms with Gasteiger partial charge in [0.25, 0.3) is 0 Å². The highest BCUT2D eigenvalue weighted by molar-refractivity contribution is 5.85. The molecule has 0 saturated carbocycles. The lowest BCUT2D eigenvalue weighted by Crippen LogP contribution is -2.23. The molecule has 0 bridgehead atoms. The van der Waals surface area contributed by atoms with Crippen molar-refractivity contribution in [3.05, 3.63) is 24.0 Å². The number of rotatable bonds is 5. The molecule has 19 heavy (non-hydrogen) atoms. The van der Waals surface area contributed by atoms with E-state index < -0.39 is 5.97 Å². The molecule has 0 aromatic carbocycles. The number of carboxylic acid groups (broad SMARTS) is 1. The first kappa shape index (κ1) is 13.5. The number of ether oxygens (including phenoxy) is 1. The fourth-order valence-electron chi connectivity index (χ4n) is 2.13. The number of carbonyl (C=O) groups is 1. The molecule has 1 fully saturated rings. The Kier molecular flexibility index (Phi) is 4.46. The van der Waals surface area contributed by atoms with Crippen molar-refractivity contribution >= 4 is 18.0 Å². The maximum absolute atomic E-state index is 10.4. The first-order valence-corrected chi connectivity index (χ1v) is 6.16. The van der Waals surface area contributed by atoms with E-state index in [1.807, 2.05) is 0 Å². The van der Waals surface area contributed by atoms with Gasteiger partial charge in [-0.2, -0.15) is 0 Å². The summed E-state index contributed by atoms with van der Waals surface area (Å²) in [5.74, 6) is 0.234. The number of methoxy groups -OCH3 is 1. The SMILES string of the molecule is COCC1CCN(c2ncc(/C=C/C(=O)O)cn2)C1. The van der Waals surface area contributed by atoms with Crippen LogP contribution in [0.5, 0.6) is 0 Å². The van der Waals surface area contributed by atoms with Crippen molar-refractivity contribution in [1.29, 1.82) is 0 Å². The zero-order chi connectivity index (χ0) is 13.7. The summed E-state index contributed by atoms with van der Waals surface area (Å²) in [6.07, 6.45) is 6.89. The zero-order valence-corrected chi connectivity index (χ0v) is 10.8. The predicted octanol–water partition coefficient (Wildman–Crippen LogP) is 1.05. The Morgan fingerprint density at radius 3 is 2.95 bits per heavy atom. The standard InChI is InChI=1S/C13H17N3O3/c1-19-9-11-4-5-16(8-11)13-14-6-10(7-15-13)2-3-12(17)18/h2-3,6-7,11H,4-5,8-9H2,1H3,(H,17,18)/b3-2+. The van der Waals surface area contributed by atoms with Gasteiger partial charge in [0.2, 0.25) is 5.95 Å². The monoisotopic (exact) mass is 263 g/mol. The predicted molar refractivity (Wildman–Crippen MR) is 70.9 cm³/mol. The molecule has 1 aromatic heterocycles. The summed E-state index contributed by atoms with van der Waals surface area (Å²) in [6.45, 7) is 2.59. The first-order chi connectivity index (χ1) is 9.19.